The van der Waals surface area contributed by atoms with Crippen molar-refractivity contribution in [2.75, 3.05) is 0 Å². The third kappa shape index (κ3) is 2.90. The Balaban J connectivity index is 2.57. The quantitative estimate of drug-likeness (QED) is 0.451. The van der Waals surface area contributed by atoms with Gasteiger partial charge < -0.3 is 19.9 Å². The van der Waals surface area contributed by atoms with E-state index in [4.69, 9.17) is 0 Å². The summed E-state index contributed by atoms with van der Waals surface area (Å²) >= 11 is 0. The van der Waals surface area contributed by atoms with Crippen LogP contribution < -0.4 is 0 Å². The van der Waals surface area contributed by atoms with Gasteiger partial charge in [-0.1, -0.05) is 0 Å². The molecule has 0 aromatic heterocycles. The molecule has 0 bridgehead atoms. The Kier molecular flexibility index (Phi) is 3.79. The van der Waals surface area contributed by atoms with Gasteiger partial charge >= 0.3 is 0 Å². The molecule has 0 amide bonds. The number of hydrogen-bond acceptors (Lipinski definition) is 8. The normalized spacial score (nSPS) is 34.1. The third-order valence-electron chi connectivity index (χ3n) is 2.29. The molecule has 0 heterocycles. The maximum Gasteiger partial charge on any atom is 0.294 e. The molecule has 10 nitrogen and oxygen atoms in total. The van der Waals surface area contributed by atoms with Gasteiger partial charge in [0.25, 0.3) is 10.2 Å². The maximum atomic E-state index is 10.0. The van der Waals surface area contributed by atoms with Gasteiger partial charge in [-0.25, -0.2) is 0 Å². The highest BCUT2D eigenvalue weighted by Crippen LogP contribution is 2.24. The van der Waals surface area contributed by atoms with Crippen molar-refractivity contribution in [3.05, 3.63) is 20.2 Å². The molecule has 0 aromatic carbocycles. The Morgan fingerprint density at radius 3 is 1.50 bits per heavy atom. The lowest BCUT2D eigenvalue weighted by Gasteiger charge is -2.34. The molecule has 4 atom stereocenters. The summed E-state index contributed by atoms with van der Waals surface area (Å²) in [5.74, 6) is 0. The fourth-order valence-electron chi connectivity index (χ4n) is 1.56. The van der Waals surface area contributed by atoms with Gasteiger partial charge in [-0.2, -0.15) is 0 Å². The largest absolute Gasteiger partial charge is 0.388 e. The summed E-state index contributed by atoms with van der Waals surface area (Å²) < 4.78 is 0. The van der Waals surface area contributed by atoms with Crippen LogP contribution in [-0.4, -0.2) is 44.8 Å². The maximum absolute atomic E-state index is 10.0. The van der Waals surface area contributed by atoms with Crippen LogP contribution >= 0.6 is 0 Å². The lowest BCUT2D eigenvalue weighted by Crippen LogP contribution is -2.52. The average Bonchev–Trinajstić information content (AvgIpc) is 2.16. The Morgan fingerprint density at radius 2 is 1.25 bits per heavy atom. The number of rotatable bonds is 4. The molecule has 10 heteroatoms. The first kappa shape index (κ1) is 12.4. The van der Waals surface area contributed by atoms with Gasteiger partial charge in [0.15, 0.2) is 0 Å². The van der Waals surface area contributed by atoms with Crippen LogP contribution in [0.2, 0.25) is 0 Å². The minimum absolute atomic E-state index is 0.0162. The Morgan fingerprint density at radius 1 is 0.938 bits per heavy atom. The molecule has 2 N–H and O–H groups in total. The molecule has 0 aliphatic heterocycles. The molecule has 16 heavy (non-hydrogen) atoms. The number of nitrogens with zero attached hydrogens (tertiary/aromatic N) is 2. The van der Waals surface area contributed by atoms with E-state index in [0.717, 1.165) is 0 Å². The van der Waals surface area contributed by atoms with Gasteiger partial charge in [0.05, 0.1) is 0 Å². The first-order valence-corrected chi connectivity index (χ1v) is 4.40. The fraction of sp³-hybridized carbons (Fsp3) is 1.00. The van der Waals surface area contributed by atoms with E-state index >= 15 is 0 Å². The van der Waals surface area contributed by atoms with E-state index in [-0.39, 0.29) is 12.8 Å². The Hall–Kier alpha value is -1.68. The highest BCUT2D eigenvalue weighted by Gasteiger charge is 2.41. The molecule has 1 aliphatic rings. The number of aliphatic hydroxyl groups excluding tert-OH is 2. The van der Waals surface area contributed by atoms with E-state index in [1.165, 1.54) is 0 Å². The lowest BCUT2D eigenvalue weighted by atomic mass is 9.90. The zero-order valence-corrected chi connectivity index (χ0v) is 7.96. The van der Waals surface area contributed by atoms with Gasteiger partial charge in [-0.05, 0) is 12.8 Å². The van der Waals surface area contributed by atoms with E-state index in [1.54, 1.807) is 0 Å². The summed E-state index contributed by atoms with van der Waals surface area (Å²) in [6.07, 6.45) is -5.61. The van der Waals surface area contributed by atoms with Crippen molar-refractivity contribution in [1.29, 1.82) is 0 Å². The van der Waals surface area contributed by atoms with Crippen molar-refractivity contribution >= 4 is 0 Å². The van der Waals surface area contributed by atoms with Crippen LogP contribution in [0.5, 0.6) is 0 Å². The smallest absolute Gasteiger partial charge is 0.294 e. The zero-order valence-electron chi connectivity index (χ0n) is 7.96. The predicted molar refractivity (Wildman–Crippen MR) is 45.0 cm³/mol. The van der Waals surface area contributed by atoms with Gasteiger partial charge in [0, 0.05) is 0 Å². The van der Waals surface area contributed by atoms with Crippen LogP contribution in [0.3, 0.4) is 0 Å². The molecule has 0 saturated heterocycles. The standard InChI is InChI=1S/C6H10N2O8/c9-5-3(15-7(11)12)1-2-4(6(5)10)16-8(13)14/h3-6,9-10H,1-2H2/t3-,4+,5+,6-. The average molecular weight is 238 g/mol. The molecular weight excluding hydrogens is 228 g/mol. The summed E-state index contributed by atoms with van der Waals surface area (Å²) in [5, 5.41) is 36.7. The van der Waals surface area contributed by atoms with Crippen LogP contribution in [0.15, 0.2) is 0 Å². The second-order valence-electron chi connectivity index (χ2n) is 3.29. The Labute approximate surface area is 88.6 Å². The predicted octanol–water partition coefficient (Wildman–Crippen LogP) is -1.34. The second-order valence-corrected chi connectivity index (χ2v) is 3.29. The number of aliphatic hydroxyl groups is 2. The molecule has 1 fully saturated rings. The lowest BCUT2D eigenvalue weighted by molar-refractivity contribution is -0.780. The Bertz CT molecular complexity index is 256. The molecule has 0 radical (unpaired) electrons. The van der Waals surface area contributed by atoms with E-state index < -0.39 is 34.6 Å². The number of hydrogen-bond donors (Lipinski definition) is 2. The molecule has 0 unspecified atom stereocenters. The third-order valence-corrected chi connectivity index (χ3v) is 2.29. The summed E-state index contributed by atoms with van der Waals surface area (Å²) in [4.78, 5) is 28.3. The zero-order chi connectivity index (χ0) is 12.3. The van der Waals surface area contributed by atoms with E-state index in [9.17, 15) is 30.4 Å². The van der Waals surface area contributed by atoms with Crippen molar-refractivity contribution in [3.63, 3.8) is 0 Å². The van der Waals surface area contributed by atoms with Crippen molar-refractivity contribution in [3.8, 4) is 0 Å². The van der Waals surface area contributed by atoms with Crippen LogP contribution in [-0.2, 0) is 9.68 Å². The van der Waals surface area contributed by atoms with E-state index in [2.05, 4.69) is 9.68 Å². The van der Waals surface area contributed by atoms with E-state index in [1.807, 2.05) is 0 Å². The van der Waals surface area contributed by atoms with Gasteiger partial charge in [0.1, 0.15) is 24.4 Å². The summed E-state index contributed by atoms with van der Waals surface area (Å²) in [6, 6.07) is 0. The fourth-order valence-corrected chi connectivity index (χ4v) is 1.56. The minimum Gasteiger partial charge on any atom is -0.388 e. The molecule has 1 aliphatic carbocycles. The van der Waals surface area contributed by atoms with Gasteiger partial charge in [-0.15, -0.1) is 20.2 Å². The molecule has 1 saturated carbocycles. The molecule has 0 spiro atoms. The van der Waals surface area contributed by atoms with Crippen molar-refractivity contribution in [2.45, 2.75) is 37.3 Å². The molecule has 0 aromatic rings. The molecular formula is C6H10N2O8. The highest BCUT2D eigenvalue weighted by atomic mass is 17.0. The first-order valence-electron chi connectivity index (χ1n) is 4.40. The SMILES string of the molecule is O=[N+]([O-])O[C@H]1CC[C@@H](O[N+](=O)[O-])[C@H](O)[C@@H]1O. The monoisotopic (exact) mass is 238 g/mol. The van der Waals surface area contributed by atoms with Gasteiger partial charge in [0.2, 0.25) is 0 Å². The van der Waals surface area contributed by atoms with Gasteiger partial charge in [-0.3, -0.25) is 0 Å². The van der Waals surface area contributed by atoms with Crippen molar-refractivity contribution in [2.24, 2.45) is 0 Å². The minimum atomic E-state index is -1.59. The second kappa shape index (κ2) is 4.90. The first-order chi connectivity index (χ1) is 7.41. The summed E-state index contributed by atoms with van der Waals surface area (Å²) in [7, 11) is 0. The van der Waals surface area contributed by atoms with Crippen LogP contribution in [0, 0.1) is 20.2 Å². The van der Waals surface area contributed by atoms with Crippen molar-refractivity contribution < 1.29 is 30.1 Å². The topological polar surface area (TPSA) is 145 Å². The highest BCUT2D eigenvalue weighted by molar-refractivity contribution is 4.88. The van der Waals surface area contributed by atoms with Crippen molar-refractivity contribution in [1.82, 2.24) is 0 Å². The summed E-state index contributed by atoms with van der Waals surface area (Å²) in [6.45, 7) is 0. The van der Waals surface area contributed by atoms with Crippen LogP contribution in [0.4, 0.5) is 0 Å². The van der Waals surface area contributed by atoms with E-state index in [0.29, 0.717) is 0 Å². The van der Waals surface area contributed by atoms with Crippen LogP contribution in [0.1, 0.15) is 12.8 Å². The van der Waals surface area contributed by atoms with Crippen LogP contribution in [0.25, 0.3) is 0 Å². The summed E-state index contributed by atoms with van der Waals surface area (Å²) in [5.41, 5.74) is 0. The molecule has 1 rings (SSSR count). The molecule has 92 valence electrons.